The first-order chi connectivity index (χ1) is 9.24. The Morgan fingerprint density at radius 2 is 2.00 bits per heavy atom. The molecule has 2 unspecified atom stereocenters. The van der Waals surface area contributed by atoms with E-state index < -0.39 is 12.2 Å². The van der Waals surface area contributed by atoms with Gasteiger partial charge in [-0.3, -0.25) is 0 Å². The summed E-state index contributed by atoms with van der Waals surface area (Å²) in [6.45, 7) is 0.231. The summed E-state index contributed by atoms with van der Waals surface area (Å²) >= 11 is 0. The summed E-state index contributed by atoms with van der Waals surface area (Å²) in [6.07, 6.45) is -1.33. The van der Waals surface area contributed by atoms with Crippen molar-refractivity contribution in [1.82, 2.24) is 0 Å². The topological polar surface area (TPSA) is 38.7 Å². The van der Waals surface area contributed by atoms with E-state index in [9.17, 15) is 9.50 Å². The van der Waals surface area contributed by atoms with E-state index in [1.807, 2.05) is 12.1 Å². The molecule has 2 atom stereocenters. The Morgan fingerprint density at radius 1 is 1.16 bits per heavy atom. The Kier molecular flexibility index (Phi) is 3.09. The van der Waals surface area contributed by atoms with Crippen molar-refractivity contribution in [3.63, 3.8) is 0 Å². The van der Waals surface area contributed by atoms with Gasteiger partial charge in [0.05, 0.1) is 0 Å². The second-order valence-corrected chi connectivity index (χ2v) is 4.41. The van der Waals surface area contributed by atoms with Crippen LogP contribution in [-0.4, -0.2) is 17.8 Å². The van der Waals surface area contributed by atoms with Crippen LogP contribution in [0.5, 0.6) is 11.5 Å². The van der Waals surface area contributed by atoms with E-state index in [0.717, 1.165) is 0 Å². The number of para-hydroxylation sites is 1. The van der Waals surface area contributed by atoms with Gasteiger partial charge in [0.1, 0.15) is 30.0 Å². The maximum atomic E-state index is 13.1. The Balaban J connectivity index is 1.81. The zero-order valence-electron chi connectivity index (χ0n) is 10.1. The predicted molar refractivity (Wildman–Crippen MR) is 67.7 cm³/mol. The summed E-state index contributed by atoms with van der Waals surface area (Å²) in [5.41, 5.74) is 0.690. The highest BCUT2D eigenvalue weighted by atomic mass is 19.1. The van der Waals surface area contributed by atoms with Crippen LogP contribution in [0.1, 0.15) is 11.7 Å². The highest BCUT2D eigenvalue weighted by Gasteiger charge is 2.30. The SMILES string of the molecule is OC1c2ccccc2OCC1Oc1cccc(F)c1. The molecule has 2 aromatic rings. The van der Waals surface area contributed by atoms with Gasteiger partial charge < -0.3 is 14.6 Å². The second-order valence-electron chi connectivity index (χ2n) is 4.41. The van der Waals surface area contributed by atoms with Crippen molar-refractivity contribution in [2.24, 2.45) is 0 Å². The third kappa shape index (κ3) is 2.39. The number of aliphatic hydroxyl groups excluding tert-OH is 1. The smallest absolute Gasteiger partial charge is 0.163 e. The highest BCUT2D eigenvalue weighted by molar-refractivity contribution is 5.37. The molecular formula is C15H13FO3. The molecule has 0 radical (unpaired) electrons. The molecule has 0 fully saturated rings. The van der Waals surface area contributed by atoms with Gasteiger partial charge in [0.25, 0.3) is 0 Å². The van der Waals surface area contributed by atoms with Crippen LogP contribution in [-0.2, 0) is 0 Å². The Hall–Kier alpha value is -2.07. The van der Waals surface area contributed by atoms with E-state index in [-0.39, 0.29) is 12.4 Å². The summed E-state index contributed by atoms with van der Waals surface area (Å²) in [5, 5.41) is 10.3. The first kappa shape index (κ1) is 12.0. The third-order valence-electron chi connectivity index (χ3n) is 3.08. The number of halogens is 1. The summed E-state index contributed by atoms with van der Waals surface area (Å²) in [4.78, 5) is 0. The Morgan fingerprint density at radius 3 is 2.84 bits per heavy atom. The largest absolute Gasteiger partial charge is 0.489 e. The van der Waals surface area contributed by atoms with Crippen LogP contribution in [0, 0.1) is 5.82 Å². The summed E-state index contributed by atoms with van der Waals surface area (Å²) in [5.74, 6) is 0.672. The molecule has 1 heterocycles. The molecule has 1 N–H and O–H groups in total. The molecule has 1 aliphatic heterocycles. The lowest BCUT2D eigenvalue weighted by Gasteiger charge is -2.30. The van der Waals surface area contributed by atoms with Gasteiger partial charge in [-0.05, 0) is 18.2 Å². The fourth-order valence-electron chi connectivity index (χ4n) is 2.13. The molecule has 3 rings (SSSR count). The molecule has 0 amide bonds. The average Bonchev–Trinajstić information content (AvgIpc) is 2.42. The number of ether oxygens (including phenoxy) is 2. The number of fused-ring (bicyclic) bond motifs is 1. The van der Waals surface area contributed by atoms with Crippen molar-refractivity contribution in [2.75, 3.05) is 6.61 Å². The average molecular weight is 260 g/mol. The molecule has 0 aliphatic carbocycles. The van der Waals surface area contributed by atoms with Crippen LogP contribution >= 0.6 is 0 Å². The minimum absolute atomic E-state index is 0.231. The van der Waals surface area contributed by atoms with Crippen LogP contribution in [0.4, 0.5) is 4.39 Å². The molecule has 1 aliphatic rings. The van der Waals surface area contributed by atoms with Crippen LogP contribution in [0.3, 0.4) is 0 Å². The number of benzene rings is 2. The lowest BCUT2D eigenvalue weighted by atomic mass is 10.0. The zero-order chi connectivity index (χ0) is 13.2. The van der Waals surface area contributed by atoms with E-state index in [4.69, 9.17) is 9.47 Å². The maximum absolute atomic E-state index is 13.1. The van der Waals surface area contributed by atoms with Crippen molar-refractivity contribution in [1.29, 1.82) is 0 Å². The Labute approximate surface area is 110 Å². The quantitative estimate of drug-likeness (QED) is 0.902. The van der Waals surface area contributed by atoms with E-state index in [1.165, 1.54) is 12.1 Å². The van der Waals surface area contributed by atoms with E-state index >= 15 is 0 Å². The molecule has 0 aromatic heterocycles. The van der Waals surface area contributed by atoms with Gasteiger partial charge in [-0.15, -0.1) is 0 Å². The van der Waals surface area contributed by atoms with Gasteiger partial charge in [0, 0.05) is 11.6 Å². The van der Waals surface area contributed by atoms with Crippen LogP contribution in [0.15, 0.2) is 48.5 Å². The highest BCUT2D eigenvalue weighted by Crippen LogP contribution is 2.33. The number of hydrogen-bond acceptors (Lipinski definition) is 3. The van der Waals surface area contributed by atoms with Crippen LogP contribution in [0.2, 0.25) is 0 Å². The van der Waals surface area contributed by atoms with Gasteiger partial charge in [0.15, 0.2) is 6.10 Å². The van der Waals surface area contributed by atoms with E-state index in [1.54, 1.807) is 24.3 Å². The van der Waals surface area contributed by atoms with Crippen LogP contribution in [0.25, 0.3) is 0 Å². The lowest BCUT2D eigenvalue weighted by Crippen LogP contribution is -2.35. The standard InChI is InChI=1S/C15H13FO3/c16-10-4-3-5-11(8-10)19-14-9-18-13-7-2-1-6-12(13)15(14)17/h1-8,14-15,17H,9H2. The lowest BCUT2D eigenvalue weighted by molar-refractivity contribution is -0.0104. The maximum Gasteiger partial charge on any atom is 0.163 e. The predicted octanol–water partition coefficient (Wildman–Crippen LogP) is 2.70. The molecule has 2 aromatic carbocycles. The third-order valence-corrected chi connectivity index (χ3v) is 3.08. The van der Waals surface area contributed by atoms with Gasteiger partial charge in [-0.25, -0.2) is 4.39 Å². The molecule has 19 heavy (non-hydrogen) atoms. The van der Waals surface area contributed by atoms with Crippen molar-refractivity contribution in [3.8, 4) is 11.5 Å². The molecule has 0 spiro atoms. The Bertz CT molecular complexity index is 585. The van der Waals surface area contributed by atoms with Crippen molar-refractivity contribution < 1.29 is 19.0 Å². The van der Waals surface area contributed by atoms with E-state index in [2.05, 4.69) is 0 Å². The number of hydrogen-bond donors (Lipinski definition) is 1. The summed E-state index contributed by atoms with van der Waals surface area (Å²) in [7, 11) is 0. The normalized spacial score (nSPS) is 21.4. The van der Waals surface area contributed by atoms with Crippen molar-refractivity contribution >= 4 is 0 Å². The fourth-order valence-corrected chi connectivity index (χ4v) is 2.13. The fraction of sp³-hybridized carbons (Fsp3) is 0.200. The molecule has 98 valence electrons. The van der Waals surface area contributed by atoms with Gasteiger partial charge >= 0.3 is 0 Å². The van der Waals surface area contributed by atoms with Crippen LogP contribution < -0.4 is 9.47 Å². The van der Waals surface area contributed by atoms with Gasteiger partial charge in [-0.1, -0.05) is 24.3 Å². The van der Waals surface area contributed by atoms with E-state index in [0.29, 0.717) is 17.1 Å². The molecule has 0 saturated carbocycles. The summed E-state index contributed by atoms with van der Waals surface area (Å²) in [6, 6.07) is 13.1. The first-order valence-corrected chi connectivity index (χ1v) is 6.06. The minimum atomic E-state index is -0.784. The van der Waals surface area contributed by atoms with Gasteiger partial charge in [0.2, 0.25) is 0 Å². The molecule has 4 heteroatoms. The molecule has 3 nitrogen and oxygen atoms in total. The first-order valence-electron chi connectivity index (χ1n) is 6.06. The summed E-state index contributed by atoms with van der Waals surface area (Å²) < 4.78 is 24.2. The van der Waals surface area contributed by atoms with Gasteiger partial charge in [-0.2, -0.15) is 0 Å². The van der Waals surface area contributed by atoms with Crippen molar-refractivity contribution in [3.05, 3.63) is 59.9 Å². The molecule has 0 saturated heterocycles. The second kappa shape index (κ2) is 4.90. The molecule has 0 bridgehead atoms. The zero-order valence-corrected chi connectivity index (χ0v) is 10.1. The number of rotatable bonds is 2. The molecular weight excluding hydrogens is 247 g/mol. The monoisotopic (exact) mass is 260 g/mol. The minimum Gasteiger partial charge on any atom is -0.489 e. The number of aliphatic hydroxyl groups is 1. The van der Waals surface area contributed by atoms with Crippen molar-refractivity contribution in [2.45, 2.75) is 12.2 Å².